The lowest BCUT2D eigenvalue weighted by Gasteiger charge is -2.24. The Hall–Kier alpha value is -1.39. The Morgan fingerprint density at radius 1 is 1.20 bits per heavy atom. The van der Waals surface area contributed by atoms with Gasteiger partial charge in [-0.25, -0.2) is 4.98 Å². The van der Waals surface area contributed by atoms with Crippen LogP contribution in [-0.2, 0) is 0 Å². The summed E-state index contributed by atoms with van der Waals surface area (Å²) in [6, 6.07) is 6.13. The van der Waals surface area contributed by atoms with Gasteiger partial charge in [0.2, 0.25) is 0 Å². The molecule has 1 aliphatic rings. The summed E-state index contributed by atoms with van der Waals surface area (Å²) in [7, 11) is 0. The molecule has 0 spiro atoms. The van der Waals surface area contributed by atoms with Crippen molar-refractivity contribution in [1.29, 1.82) is 0 Å². The van der Waals surface area contributed by atoms with Crippen LogP contribution in [0.4, 0.5) is 0 Å². The number of hydrogen-bond acceptors (Lipinski definition) is 3. The average Bonchev–Trinajstić information content (AvgIpc) is 2.60. The molecular weight excluding hydrogens is 248 g/mol. The maximum absolute atomic E-state index is 6.49. The summed E-state index contributed by atoms with van der Waals surface area (Å²) in [6.45, 7) is 5.36. The number of hydrogen-bond donors (Lipinski definition) is 1. The molecule has 1 unspecified atom stereocenters. The number of aromatic nitrogens is 2. The first-order valence-corrected chi connectivity index (χ1v) is 7.67. The molecule has 0 amide bonds. The smallest absolute Gasteiger partial charge is 0.137 e. The Kier molecular flexibility index (Phi) is 4.03. The fraction of sp³-hybridized carbons (Fsp3) is 0.562. The van der Waals surface area contributed by atoms with E-state index in [1.165, 1.54) is 38.8 Å². The number of nitrogens with two attached hydrogens (primary N) is 1. The molecule has 2 aromatic rings. The first-order chi connectivity index (χ1) is 9.75. The van der Waals surface area contributed by atoms with Crippen LogP contribution in [0, 0.1) is 6.92 Å². The predicted molar refractivity (Wildman–Crippen MR) is 81.8 cm³/mol. The molecule has 1 saturated heterocycles. The largest absolute Gasteiger partial charge is 0.322 e. The molecule has 1 aliphatic heterocycles. The van der Waals surface area contributed by atoms with Crippen LogP contribution in [0.2, 0.25) is 0 Å². The topological polar surface area (TPSA) is 46.6 Å². The summed E-state index contributed by atoms with van der Waals surface area (Å²) >= 11 is 0. The monoisotopic (exact) mass is 272 g/mol. The minimum atomic E-state index is 0.0329. The van der Waals surface area contributed by atoms with Crippen LogP contribution in [0.15, 0.2) is 24.4 Å². The molecule has 0 radical (unpaired) electrons. The van der Waals surface area contributed by atoms with Crippen molar-refractivity contribution in [3.63, 3.8) is 0 Å². The number of rotatable bonds is 3. The van der Waals surface area contributed by atoms with Crippen LogP contribution < -0.4 is 5.73 Å². The number of likely N-dealkylation sites (tertiary alicyclic amines) is 1. The molecule has 0 aromatic carbocycles. The third kappa shape index (κ3) is 2.72. The average molecular weight is 272 g/mol. The van der Waals surface area contributed by atoms with Gasteiger partial charge in [-0.2, -0.15) is 0 Å². The van der Waals surface area contributed by atoms with Crippen LogP contribution in [0.5, 0.6) is 0 Å². The highest BCUT2D eigenvalue weighted by molar-refractivity contribution is 5.43. The van der Waals surface area contributed by atoms with E-state index in [1.807, 2.05) is 18.2 Å². The molecule has 3 rings (SSSR count). The normalized spacial score (nSPS) is 19.1. The molecule has 2 aromatic heterocycles. The van der Waals surface area contributed by atoms with E-state index in [1.54, 1.807) is 0 Å². The maximum Gasteiger partial charge on any atom is 0.137 e. The molecule has 20 heavy (non-hydrogen) atoms. The third-order valence-electron chi connectivity index (χ3n) is 4.26. The Morgan fingerprint density at radius 3 is 2.70 bits per heavy atom. The Labute approximate surface area is 120 Å². The van der Waals surface area contributed by atoms with Crippen molar-refractivity contribution >= 4 is 5.65 Å². The van der Waals surface area contributed by atoms with E-state index in [-0.39, 0.29) is 6.04 Å². The summed E-state index contributed by atoms with van der Waals surface area (Å²) in [5.41, 5.74) is 9.69. The van der Waals surface area contributed by atoms with Crippen LogP contribution >= 0.6 is 0 Å². The van der Waals surface area contributed by atoms with Crippen molar-refractivity contribution in [3.8, 4) is 0 Å². The van der Waals surface area contributed by atoms with Gasteiger partial charge in [-0.05, 0) is 45.0 Å². The van der Waals surface area contributed by atoms with Gasteiger partial charge in [-0.1, -0.05) is 18.9 Å². The van der Waals surface area contributed by atoms with E-state index in [2.05, 4.69) is 27.4 Å². The summed E-state index contributed by atoms with van der Waals surface area (Å²) < 4.78 is 2.14. The Morgan fingerprint density at radius 2 is 1.95 bits per heavy atom. The standard InChI is InChI=1S/C16H24N4/c1-13-16(20-11-7-4-8-15(20)18-13)14(17)12-19-9-5-2-3-6-10-19/h4,7-8,11,14H,2-3,5-6,9-10,12,17H2,1H3. The molecule has 2 N–H and O–H groups in total. The molecule has 1 fully saturated rings. The summed E-state index contributed by atoms with van der Waals surface area (Å²) in [4.78, 5) is 7.12. The van der Waals surface area contributed by atoms with E-state index < -0.39 is 0 Å². The highest BCUT2D eigenvalue weighted by atomic mass is 15.1. The molecular formula is C16H24N4. The molecule has 0 aliphatic carbocycles. The zero-order valence-corrected chi connectivity index (χ0v) is 12.3. The summed E-state index contributed by atoms with van der Waals surface area (Å²) in [5, 5.41) is 0. The Balaban J connectivity index is 1.81. The minimum Gasteiger partial charge on any atom is -0.322 e. The number of imidazole rings is 1. The van der Waals surface area contributed by atoms with Gasteiger partial charge in [0, 0.05) is 12.7 Å². The quantitative estimate of drug-likeness (QED) is 0.934. The third-order valence-corrected chi connectivity index (χ3v) is 4.26. The minimum absolute atomic E-state index is 0.0329. The first-order valence-electron chi connectivity index (χ1n) is 7.67. The number of nitrogens with zero attached hydrogens (tertiary/aromatic N) is 3. The van der Waals surface area contributed by atoms with Crippen molar-refractivity contribution < 1.29 is 0 Å². The van der Waals surface area contributed by atoms with Gasteiger partial charge in [0.15, 0.2) is 0 Å². The second-order valence-corrected chi connectivity index (χ2v) is 5.83. The van der Waals surface area contributed by atoms with Gasteiger partial charge >= 0.3 is 0 Å². The van der Waals surface area contributed by atoms with Crippen molar-refractivity contribution in [2.45, 2.75) is 38.6 Å². The van der Waals surface area contributed by atoms with E-state index in [0.717, 1.165) is 23.6 Å². The van der Waals surface area contributed by atoms with Crippen LogP contribution in [-0.4, -0.2) is 33.9 Å². The lowest BCUT2D eigenvalue weighted by Crippen LogP contribution is -2.33. The van der Waals surface area contributed by atoms with Crippen molar-refractivity contribution in [2.24, 2.45) is 5.73 Å². The zero-order valence-electron chi connectivity index (χ0n) is 12.3. The summed E-state index contributed by atoms with van der Waals surface area (Å²) in [6.07, 6.45) is 7.39. The van der Waals surface area contributed by atoms with Crippen LogP contribution in [0.1, 0.15) is 43.1 Å². The van der Waals surface area contributed by atoms with Gasteiger partial charge in [-0.3, -0.25) is 0 Å². The summed E-state index contributed by atoms with van der Waals surface area (Å²) in [5.74, 6) is 0. The molecule has 1 atom stereocenters. The van der Waals surface area contributed by atoms with Crippen molar-refractivity contribution in [3.05, 3.63) is 35.8 Å². The van der Waals surface area contributed by atoms with E-state index in [4.69, 9.17) is 5.73 Å². The predicted octanol–water partition coefficient (Wildman–Crippen LogP) is 2.52. The van der Waals surface area contributed by atoms with E-state index in [0.29, 0.717) is 0 Å². The number of fused-ring (bicyclic) bond motifs is 1. The zero-order chi connectivity index (χ0) is 13.9. The lowest BCUT2D eigenvalue weighted by atomic mass is 10.1. The molecule has 108 valence electrons. The molecule has 4 nitrogen and oxygen atoms in total. The SMILES string of the molecule is Cc1nc2ccccn2c1C(N)CN1CCCCCC1. The molecule has 3 heterocycles. The fourth-order valence-corrected chi connectivity index (χ4v) is 3.26. The highest BCUT2D eigenvalue weighted by Crippen LogP contribution is 2.20. The van der Waals surface area contributed by atoms with Gasteiger partial charge in [0.05, 0.1) is 17.4 Å². The molecule has 0 saturated carbocycles. The van der Waals surface area contributed by atoms with Crippen molar-refractivity contribution in [2.75, 3.05) is 19.6 Å². The van der Waals surface area contributed by atoms with Gasteiger partial charge in [0.25, 0.3) is 0 Å². The van der Waals surface area contributed by atoms with Gasteiger partial charge in [-0.15, -0.1) is 0 Å². The van der Waals surface area contributed by atoms with E-state index in [9.17, 15) is 0 Å². The first kappa shape index (κ1) is 13.6. The van der Waals surface area contributed by atoms with Crippen molar-refractivity contribution in [1.82, 2.24) is 14.3 Å². The van der Waals surface area contributed by atoms with E-state index >= 15 is 0 Å². The second-order valence-electron chi connectivity index (χ2n) is 5.83. The second kappa shape index (κ2) is 5.94. The number of aryl methyl sites for hydroxylation is 1. The maximum atomic E-state index is 6.49. The van der Waals surface area contributed by atoms with Gasteiger partial charge < -0.3 is 15.0 Å². The number of pyridine rings is 1. The van der Waals surface area contributed by atoms with Gasteiger partial charge in [0.1, 0.15) is 5.65 Å². The molecule has 4 heteroatoms. The Bertz CT molecular complexity index is 567. The van der Waals surface area contributed by atoms with Crippen LogP contribution in [0.25, 0.3) is 5.65 Å². The fourth-order valence-electron chi connectivity index (χ4n) is 3.26. The molecule has 0 bridgehead atoms. The highest BCUT2D eigenvalue weighted by Gasteiger charge is 2.19. The lowest BCUT2D eigenvalue weighted by molar-refractivity contribution is 0.265. The van der Waals surface area contributed by atoms with Crippen LogP contribution in [0.3, 0.4) is 0 Å².